The Labute approximate surface area is 171 Å². The third-order valence-electron chi connectivity index (χ3n) is 5.30. The van der Waals surface area contributed by atoms with Crippen LogP contribution in [-0.2, 0) is 0 Å². The third-order valence-corrected chi connectivity index (χ3v) is 5.79. The Morgan fingerprint density at radius 1 is 0.889 bits per heavy atom. The summed E-state index contributed by atoms with van der Waals surface area (Å²) in [6.45, 7) is 7.27. The quantitative estimate of drug-likeness (QED) is 0.384. The van der Waals surface area contributed by atoms with Crippen LogP contribution in [0.3, 0.4) is 0 Å². The Balaban J connectivity index is 1.98. The van der Waals surface area contributed by atoms with E-state index in [1.54, 1.807) is 0 Å². The lowest BCUT2D eigenvalue weighted by molar-refractivity contribution is 0.112. The second kappa shape index (κ2) is 9.68. The molecule has 0 radical (unpaired) electrons. The number of nitrogens with zero attached hydrogens (tertiary/aromatic N) is 1. The summed E-state index contributed by atoms with van der Waals surface area (Å²) in [5.41, 5.74) is 1.04. The van der Waals surface area contributed by atoms with Crippen LogP contribution in [0.2, 0.25) is 0 Å². The molecule has 1 atom stereocenters. The molecule has 0 saturated heterocycles. The number of aliphatic hydroxyl groups is 1. The van der Waals surface area contributed by atoms with Gasteiger partial charge in [0.2, 0.25) is 0 Å². The lowest BCUT2D eigenvalue weighted by Gasteiger charge is -2.26. The van der Waals surface area contributed by atoms with Crippen molar-refractivity contribution in [2.75, 3.05) is 19.6 Å². The molecule has 0 aliphatic heterocycles. The van der Waals surface area contributed by atoms with Crippen molar-refractivity contribution >= 4 is 37.5 Å². The van der Waals surface area contributed by atoms with Gasteiger partial charge in [0, 0.05) is 11.0 Å². The Kier molecular flexibility index (Phi) is 7.28. The number of unbranched alkanes of at least 4 members (excludes halogenated alkanes) is 2. The monoisotopic (exact) mass is 427 g/mol. The lowest BCUT2D eigenvalue weighted by Crippen LogP contribution is -2.30. The predicted octanol–water partition coefficient (Wildman–Crippen LogP) is 6.69. The Bertz CT molecular complexity index is 884. The summed E-state index contributed by atoms with van der Waals surface area (Å²) in [6.07, 6.45) is 4.26. The van der Waals surface area contributed by atoms with Gasteiger partial charge in [0.25, 0.3) is 0 Å². The normalized spacial score (nSPS) is 12.9. The van der Waals surface area contributed by atoms with E-state index >= 15 is 0 Å². The highest BCUT2D eigenvalue weighted by molar-refractivity contribution is 9.10. The van der Waals surface area contributed by atoms with Crippen LogP contribution in [0.1, 0.15) is 51.2 Å². The molecule has 2 nitrogen and oxygen atoms in total. The molecule has 0 spiro atoms. The molecular weight excluding hydrogens is 398 g/mol. The van der Waals surface area contributed by atoms with Crippen molar-refractivity contribution in [3.05, 3.63) is 58.6 Å². The molecule has 0 unspecified atom stereocenters. The Morgan fingerprint density at radius 3 is 2.30 bits per heavy atom. The van der Waals surface area contributed by atoms with Gasteiger partial charge in [0.1, 0.15) is 0 Å². The minimum absolute atomic E-state index is 0.480. The lowest BCUT2D eigenvalue weighted by atomic mass is 9.94. The SMILES string of the molecule is CCCCN(CCCC)C[C@@H](O)c1cc2ccccc2c2cc(Br)ccc12. The van der Waals surface area contributed by atoms with E-state index in [1.807, 2.05) is 0 Å². The van der Waals surface area contributed by atoms with Crippen molar-refractivity contribution in [3.63, 3.8) is 0 Å². The van der Waals surface area contributed by atoms with Gasteiger partial charge in [0.15, 0.2) is 0 Å². The van der Waals surface area contributed by atoms with Gasteiger partial charge in [0.05, 0.1) is 6.10 Å². The van der Waals surface area contributed by atoms with Crippen LogP contribution < -0.4 is 0 Å². The van der Waals surface area contributed by atoms with E-state index in [4.69, 9.17) is 0 Å². The van der Waals surface area contributed by atoms with E-state index in [-0.39, 0.29) is 0 Å². The predicted molar refractivity (Wildman–Crippen MR) is 120 cm³/mol. The molecule has 1 N–H and O–H groups in total. The fourth-order valence-electron chi connectivity index (χ4n) is 3.78. The van der Waals surface area contributed by atoms with Crippen molar-refractivity contribution in [1.29, 1.82) is 0 Å². The highest BCUT2D eigenvalue weighted by Crippen LogP contribution is 2.34. The van der Waals surface area contributed by atoms with Crippen molar-refractivity contribution in [2.45, 2.75) is 45.6 Å². The van der Waals surface area contributed by atoms with E-state index in [2.05, 4.69) is 83.2 Å². The van der Waals surface area contributed by atoms with Gasteiger partial charge in [-0.3, -0.25) is 0 Å². The maximum Gasteiger partial charge on any atom is 0.0923 e. The Hall–Kier alpha value is -1.42. The van der Waals surface area contributed by atoms with Crippen LogP contribution in [0.15, 0.2) is 53.0 Å². The molecule has 3 aromatic rings. The van der Waals surface area contributed by atoms with E-state index in [0.717, 1.165) is 28.5 Å². The standard InChI is InChI=1S/C24H30BrNO/c1-3-5-13-26(14-6-4-2)17-24(27)23-15-18-9-7-8-10-20(18)22-16-19(25)11-12-21(22)23/h7-12,15-16,24,27H,3-6,13-14,17H2,1-2H3/t24-/m1/s1. The molecule has 3 rings (SSSR count). The van der Waals surface area contributed by atoms with Crippen molar-refractivity contribution in [2.24, 2.45) is 0 Å². The fraction of sp³-hybridized carbons (Fsp3) is 0.417. The summed E-state index contributed by atoms with van der Waals surface area (Å²) in [5.74, 6) is 0. The number of aliphatic hydroxyl groups excluding tert-OH is 1. The fourth-order valence-corrected chi connectivity index (χ4v) is 4.14. The second-order valence-electron chi connectivity index (χ2n) is 7.40. The third kappa shape index (κ3) is 4.90. The Morgan fingerprint density at radius 2 is 1.59 bits per heavy atom. The molecule has 0 aliphatic rings. The van der Waals surface area contributed by atoms with Crippen LogP contribution in [-0.4, -0.2) is 29.6 Å². The van der Waals surface area contributed by atoms with E-state index < -0.39 is 6.10 Å². The highest BCUT2D eigenvalue weighted by atomic mass is 79.9. The second-order valence-corrected chi connectivity index (χ2v) is 8.32. The summed E-state index contributed by atoms with van der Waals surface area (Å²) in [6, 6.07) is 17.0. The van der Waals surface area contributed by atoms with E-state index in [1.165, 1.54) is 41.8 Å². The van der Waals surface area contributed by atoms with Crippen LogP contribution >= 0.6 is 15.9 Å². The molecule has 0 aromatic heterocycles. The molecule has 27 heavy (non-hydrogen) atoms. The zero-order valence-electron chi connectivity index (χ0n) is 16.4. The first-order valence-corrected chi connectivity index (χ1v) is 10.9. The maximum absolute atomic E-state index is 11.2. The topological polar surface area (TPSA) is 23.5 Å². The number of benzene rings is 3. The molecule has 0 saturated carbocycles. The number of rotatable bonds is 9. The van der Waals surface area contributed by atoms with Gasteiger partial charge in [-0.2, -0.15) is 0 Å². The number of hydrogen-bond donors (Lipinski definition) is 1. The largest absolute Gasteiger partial charge is 0.387 e. The highest BCUT2D eigenvalue weighted by Gasteiger charge is 2.17. The molecule has 144 valence electrons. The van der Waals surface area contributed by atoms with Crippen LogP contribution in [0.5, 0.6) is 0 Å². The van der Waals surface area contributed by atoms with Crippen LogP contribution in [0.4, 0.5) is 0 Å². The average Bonchev–Trinajstić information content (AvgIpc) is 2.69. The molecule has 0 heterocycles. The summed E-state index contributed by atoms with van der Waals surface area (Å²) >= 11 is 3.61. The molecule has 0 amide bonds. The molecule has 3 aromatic carbocycles. The average molecular weight is 428 g/mol. The molecule has 0 fully saturated rings. The summed E-state index contributed by atoms with van der Waals surface area (Å²) in [5, 5.41) is 15.9. The summed E-state index contributed by atoms with van der Waals surface area (Å²) in [4.78, 5) is 2.43. The zero-order chi connectivity index (χ0) is 19.2. The van der Waals surface area contributed by atoms with Crippen LogP contribution in [0, 0.1) is 0 Å². The minimum atomic E-state index is -0.480. The van der Waals surface area contributed by atoms with Gasteiger partial charge in [-0.15, -0.1) is 0 Å². The number of hydrogen-bond acceptors (Lipinski definition) is 2. The van der Waals surface area contributed by atoms with Gasteiger partial charge in [-0.25, -0.2) is 0 Å². The van der Waals surface area contributed by atoms with Gasteiger partial charge >= 0.3 is 0 Å². The van der Waals surface area contributed by atoms with Gasteiger partial charge in [-0.05, 0) is 71.2 Å². The molecule has 0 aliphatic carbocycles. The number of halogens is 1. The smallest absolute Gasteiger partial charge is 0.0923 e. The van der Waals surface area contributed by atoms with Crippen molar-refractivity contribution in [3.8, 4) is 0 Å². The minimum Gasteiger partial charge on any atom is -0.387 e. The first kappa shape index (κ1) is 20.3. The summed E-state index contributed by atoms with van der Waals surface area (Å²) < 4.78 is 1.07. The first-order chi connectivity index (χ1) is 13.1. The molecule has 3 heteroatoms. The molecule has 0 bridgehead atoms. The van der Waals surface area contributed by atoms with E-state index in [9.17, 15) is 5.11 Å². The van der Waals surface area contributed by atoms with Gasteiger partial charge < -0.3 is 10.0 Å². The molecular formula is C24H30BrNO. The van der Waals surface area contributed by atoms with E-state index in [0.29, 0.717) is 6.54 Å². The first-order valence-electron chi connectivity index (χ1n) is 10.1. The van der Waals surface area contributed by atoms with Crippen molar-refractivity contribution in [1.82, 2.24) is 4.90 Å². The number of fused-ring (bicyclic) bond motifs is 3. The zero-order valence-corrected chi connectivity index (χ0v) is 18.0. The van der Waals surface area contributed by atoms with Gasteiger partial charge in [-0.1, -0.05) is 73.0 Å². The summed E-state index contributed by atoms with van der Waals surface area (Å²) in [7, 11) is 0. The van der Waals surface area contributed by atoms with Crippen LogP contribution in [0.25, 0.3) is 21.5 Å². The maximum atomic E-state index is 11.2. The van der Waals surface area contributed by atoms with Crippen molar-refractivity contribution < 1.29 is 5.11 Å².